The highest BCUT2D eigenvalue weighted by Crippen LogP contribution is 2.28. The third-order valence-electron chi connectivity index (χ3n) is 3.03. The van der Waals surface area contributed by atoms with Crippen LogP contribution in [0, 0.1) is 20.8 Å². The highest BCUT2D eigenvalue weighted by molar-refractivity contribution is 6.30. The van der Waals surface area contributed by atoms with E-state index in [1.54, 1.807) is 0 Å². The van der Waals surface area contributed by atoms with Crippen molar-refractivity contribution in [3.63, 3.8) is 0 Å². The van der Waals surface area contributed by atoms with E-state index < -0.39 is 0 Å². The van der Waals surface area contributed by atoms with Gasteiger partial charge in [0.05, 0.1) is 5.69 Å². The van der Waals surface area contributed by atoms with Crippen molar-refractivity contribution in [1.29, 1.82) is 0 Å². The number of nitrogens with zero attached hydrogens (tertiary/aromatic N) is 3. The van der Waals surface area contributed by atoms with E-state index in [1.807, 2.05) is 39.8 Å². The van der Waals surface area contributed by atoms with Gasteiger partial charge in [-0.2, -0.15) is 0 Å². The van der Waals surface area contributed by atoms with Crippen LogP contribution >= 0.6 is 11.6 Å². The highest BCUT2D eigenvalue weighted by Gasteiger charge is 2.12. The second-order valence-electron chi connectivity index (χ2n) is 4.40. The van der Waals surface area contributed by atoms with Crippen LogP contribution in [0.1, 0.15) is 29.4 Å². The standard InChI is InChI=1S/C14H16ClN3O/c1-5-11-12(7-6-8(2)16-11)19-14-10(4)9(3)13(15)17-18-14/h6-7H,5H2,1-4H3. The number of halogens is 1. The van der Waals surface area contributed by atoms with Gasteiger partial charge in [-0.25, -0.2) is 0 Å². The Bertz CT molecular complexity index is 614. The quantitative estimate of drug-likeness (QED) is 0.856. The molecule has 19 heavy (non-hydrogen) atoms. The van der Waals surface area contributed by atoms with E-state index in [-0.39, 0.29) is 0 Å². The summed E-state index contributed by atoms with van der Waals surface area (Å²) in [6.45, 7) is 7.81. The van der Waals surface area contributed by atoms with Crippen molar-refractivity contribution in [3.8, 4) is 11.6 Å². The van der Waals surface area contributed by atoms with Crippen LogP contribution in [0.5, 0.6) is 11.6 Å². The molecular weight excluding hydrogens is 262 g/mol. The molecule has 0 saturated heterocycles. The number of hydrogen-bond donors (Lipinski definition) is 0. The predicted octanol–water partition coefficient (Wildman–Crippen LogP) is 3.80. The first-order chi connectivity index (χ1) is 9.02. The van der Waals surface area contributed by atoms with E-state index in [4.69, 9.17) is 16.3 Å². The van der Waals surface area contributed by atoms with E-state index in [9.17, 15) is 0 Å². The first-order valence-corrected chi connectivity index (χ1v) is 6.54. The molecule has 0 aliphatic heterocycles. The maximum Gasteiger partial charge on any atom is 0.242 e. The van der Waals surface area contributed by atoms with Gasteiger partial charge in [0, 0.05) is 11.3 Å². The van der Waals surface area contributed by atoms with E-state index in [2.05, 4.69) is 15.2 Å². The van der Waals surface area contributed by atoms with Crippen LogP contribution in [0.25, 0.3) is 0 Å². The van der Waals surface area contributed by atoms with Crippen molar-refractivity contribution in [1.82, 2.24) is 15.2 Å². The molecule has 2 rings (SSSR count). The molecule has 0 radical (unpaired) electrons. The van der Waals surface area contributed by atoms with Crippen molar-refractivity contribution < 1.29 is 4.74 Å². The molecule has 0 aromatic carbocycles. The summed E-state index contributed by atoms with van der Waals surface area (Å²) in [4.78, 5) is 4.46. The topological polar surface area (TPSA) is 47.9 Å². The molecule has 0 fully saturated rings. The molecule has 2 aromatic rings. The molecule has 0 bridgehead atoms. The van der Waals surface area contributed by atoms with Gasteiger partial charge in [0.1, 0.15) is 0 Å². The summed E-state index contributed by atoms with van der Waals surface area (Å²) in [6, 6.07) is 3.83. The molecule has 0 atom stereocenters. The predicted molar refractivity (Wildman–Crippen MR) is 74.9 cm³/mol. The van der Waals surface area contributed by atoms with Crippen LogP contribution < -0.4 is 4.74 Å². The van der Waals surface area contributed by atoms with E-state index in [0.29, 0.717) is 16.8 Å². The van der Waals surface area contributed by atoms with Crippen molar-refractivity contribution in [2.75, 3.05) is 0 Å². The van der Waals surface area contributed by atoms with Gasteiger partial charge in [-0.15, -0.1) is 10.2 Å². The average Bonchev–Trinajstić information content (AvgIpc) is 2.41. The Hall–Kier alpha value is -1.68. The van der Waals surface area contributed by atoms with Crippen LogP contribution in [0.4, 0.5) is 0 Å². The van der Waals surface area contributed by atoms with Crippen molar-refractivity contribution in [3.05, 3.63) is 39.8 Å². The molecule has 100 valence electrons. The maximum atomic E-state index is 5.93. The summed E-state index contributed by atoms with van der Waals surface area (Å²) in [5.41, 5.74) is 3.65. The minimum Gasteiger partial charge on any atom is -0.435 e. The number of aryl methyl sites for hydroxylation is 2. The van der Waals surface area contributed by atoms with Crippen molar-refractivity contribution >= 4 is 11.6 Å². The fraction of sp³-hybridized carbons (Fsp3) is 0.357. The van der Waals surface area contributed by atoms with Gasteiger partial charge in [-0.3, -0.25) is 4.98 Å². The van der Waals surface area contributed by atoms with Crippen LogP contribution in [-0.4, -0.2) is 15.2 Å². The summed E-state index contributed by atoms with van der Waals surface area (Å²) in [6.07, 6.45) is 0.802. The smallest absolute Gasteiger partial charge is 0.242 e. The van der Waals surface area contributed by atoms with Gasteiger partial charge < -0.3 is 4.74 Å². The molecule has 0 aliphatic carbocycles. The van der Waals surface area contributed by atoms with Gasteiger partial charge in [0.25, 0.3) is 0 Å². The normalized spacial score (nSPS) is 10.6. The van der Waals surface area contributed by atoms with E-state index >= 15 is 0 Å². The van der Waals surface area contributed by atoms with Crippen molar-refractivity contribution in [2.45, 2.75) is 34.1 Å². The van der Waals surface area contributed by atoms with Gasteiger partial charge in [0.2, 0.25) is 5.88 Å². The molecule has 0 amide bonds. The van der Waals surface area contributed by atoms with Crippen LogP contribution in [0.15, 0.2) is 12.1 Å². The Morgan fingerprint density at radius 1 is 1.11 bits per heavy atom. The van der Waals surface area contributed by atoms with Gasteiger partial charge >= 0.3 is 0 Å². The molecule has 5 heteroatoms. The number of hydrogen-bond acceptors (Lipinski definition) is 4. The second-order valence-corrected chi connectivity index (χ2v) is 4.76. The molecule has 2 heterocycles. The largest absolute Gasteiger partial charge is 0.435 e. The fourth-order valence-electron chi connectivity index (χ4n) is 1.70. The molecule has 0 spiro atoms. The minimum atomic E-state index is 0.405. The van der Waals surface area contributed by atoms with Gasteiger partial charge in [0.15, 0.2) is 10.9 Å². The minimum absolute atomic E-state index is 0.405. The number of pyridine rings is 1. The number of rotatable bonds is 3. The zero-order valence-electron chi connectivity index (χ0n) is 11.5. The lowest BCUT2D eigenvalue weighted by Gasteiger charge is -2.12. The Morgan fingerprint density at radius 2 is 1.84 bits per heavy atom. The fourth-order valence-corrected chi connectivity index (χ4v) is 1.88. The van der Waals surface area contributed by atoms with Crippen LogP contribution in [0.2, 0.25) is 5.15 Å². The third kappa shape index (κ3) is 2.84. The second kappa shape index (κ2) is 5.53. The molecule has 2 aromatic heterocycles. The summed E-state index contributed by atoms with van der Waals surface area (Å²) >= 11 is 5.93. The molecule has 0 N–H and O–H groups in total. The maximum absolute atomic E-state index is 5.93. The molecule has 4 nitrogen and oxygen atoms in total. The summed E-state index contributed by atoms with van der Waals surface area (Å²) in [5, 5.41) is 8.28. The number of aromatic nitrogens is 3. The zero-order chi connectivity index (χ0) is 14.0. The lowest BCUT2D eigenvalue weighted by atomic mass is 10.2. The lowest BCUT2D eigenvalue weighted by molar-refractivity contribution is 0.442. The zero-order valence-corrected chi connectivity index (χ0v) is 12.2. The number of ether oxygens (including phenoxy) is 1. The lowest BCUT2D eigenvalue weighted by Crippen LogP contribution is -2.01. The first kappa shape index (κ1) is 13.7. The molecule has 0 saturated carbocycles. The van der Waals surface area contributed by atoms with Crippen molar-refractivity contribution in [2.24, 2.45) is 0 Å². The Kier molecular flexibility index (Phi) is 4.00. The SMILES string of the molecule is CCc1nc(C)ccc1Oc1nnc(Cl)c(C)c1C. The van der Waals surface area contributed by atoms with Gasteiger partial charge in [-0.05, 0) is 44.9 Å². The van der Waals surface area contributed by atoms with Crippen LogP contribution in [-0.2, 0) is 6.42 Å². The van der Waals surface area contributed by atoms with E-state index in [1.165, 1.54) is 0 Å². The summed E-state index contributed by atoms with van der Waals surface area (Å²) in [7, 11) is 0. The first-order valence-electron chi connectivity index (χ1n) is 6.16. The Balaban J connectivity index is 2.39. The molecule has 0 aliphatic rings. The Morgan fingerprint density at radius 3 is 2.53 bits per heavy atom. The molecule has 0 unspecified atom stereocenters. The van der Waals surface area contributed by atoms with E-state index in [0.717, 1.165) is 28.9 Å². The van der Waals surface area contributed by atoms with Crippen LogP contribution in [0.3, 0.4) is 0 Å². The average molecular weight is 278 g/mol. The summed E-state index contributed by atoms with van der Waals surface area (Å²) < 4.78 is 5.83. The summed E-state index contributed by atoms with van der Waals surface area (Å²) in [5.74, 6) is 1.19. The van der Waals surface area contributed by atoms with Gasteiger partial charge in [-0.1, -0.05) is 18.5 Å². The molecular formula is C14H16ClN3O. The highest BCUT2D eigenvalue weighted by atomic mass is 35.5. The Labute approximate surface area is 117 Å². The third-order valence-corrected chi connectivity index (χ3v) is 3.39. The monoisotopic (exact) mass is 277 g/mol.